The molecular weight excluding hydrogens is 414 g/mol. The summed E-state index contributed by atoms with van der Waals surface area (Å²) in [6.07, 6.45) is 1.42. The molecule has 2 amide bonds. The third-order valence-electron chi connectivity index (χ3n) is 5.82. The summed E-state index contributed by atoms with van der Waals surface area (Å²) in [5.74, 6) is 0.510. The summed E-state index contributed by atoms with van der Waals surface area (Å²) in [5, 5.41) is 9.24. The predicted octanol–water partition coefficient (Wildman–Crippen LogP) is 2.98. The molecule has 0 aromatic heterocycles. The maximum atomic E-state index is 12.9. The Bertz CT molecular complexity index is 873. The SMILES string of the molecule is CCC(C)C(NC(=O)C1Cc2ccccc2CN1)C(=O)NCc1ccc(OC)cc1.Cl. The van der Waals surface area contributed by atoms with E-state index in [4.69, 9.17) is 4.74 Å². The van der Waals surface area contributed by atoms with Gasteiger partial charge in [0.15, 0.2) is 0 Å². The van der Waals surface area contributed by atoms with Crippen molar-refractivity contribution in [2.45, 2.75) is 51.9 Å². The molecule has 7 heteroatoms. The van der Waals surface area contributed by atoms with Crippen LogP contribution in [0.3, 0.4) is 0 Å². The molecule has 3 N–H and O–H groups in total. The van der Waals surface area contributed by atoms with Crippen LogP contribution < -0.4 is 20.7 Å². The Labute approximate surface area is 190 Å². The fourth-order valence-electron chi connectivity index (χ4n) is 3.64. The number of carbonyl (C=O) groups is 2. The zero-order valence-corrected chi connectivity index (χ0v) is 19.1. The molecular formula is C24H32ClN3O3. The number of ether oxygens (including phenoxy) is 1. The van der Waals surface area contributed by atoms with Crippen molar-refractivity contribution >= 4 is 24.2 Å². The number of halogens is 1. The molecule has 3 unspecified atom stereocenters. The van der Waals surface area contributed by atoms with Crippen LogP contribution in [0.1, 0.15) is 37.0 Å². The summed E-state index contributed by atoms with van der Waals surface area (Å²) in [7, 11) is 1.62. The third kappa shape index (κ3) is 6.45. The van der Waals surface area contributed by atoms with Crippen molar-refractivity contribution < 1.29 is 14.3 Å². The Morgan fingerprint density at radius 3 is 2.45 bits per heavy atom. The molecule has 2 aromatic rings. The Morgan fingerprint density at radius 2 is 1.81 bits per heavy atom. The second-order valence-electron chi connectivity index (χ2n) is 7.84. The summed E-state index contributed by atoms with van der Waals surface area (Å²) >= 11 is 0. The molecule has 6 nitrogen and oxygen atoms in total. The van der Waals surface area contributed by atoms with Crippen molar-refractivity contribution in [1.29, 1.82) is 0 Å². The van der Waals surface area contributed by atoms with E-state index >= 15 is 0 Å². The fourth-order valence-corrected chi connectivity index (χ4v) is 3.64. The highest BCUT2D eigenvalue weighted by molar-refractivity contribution is 5.90. The van der Waals surface area contributed by atoms with Crippen LogP contribution >= 0.6 is 12.4 Å². The highest BCUT2D eigenvalue weighted by Crippen LogP contribution is 2.17. The molecule has 0 bridgehead atoms. The van der Waals surface area contributed by atoms with E-state index in [1.165, 1.54) is 11.1 Å². The first kappa shape index (κ1) is 24.7. The van der Waals surface area contributed by atoms with Gasteiger partial charge in [0.2, 0.25) is 11.8 Å². The summed E-state index contributed by atoms with van der Waals surface area (Å²) in [6.45, 7) is 5.07. The van der Waals surface area contributed by atoms with Crippen LogP contribution in [0.4, 0.5) is 0 Å². The van der Waals surface area contributed by atoms with Gasteiger partial charge in [-0.3, -0.25) is 9.59 Å². The minimum absolute atomic E-state index is 0. The minimum Gasteiger partial charge on any atom is -0.497 e. The van der Waals surface area contributed by atoms with Gasteiger partial charge in [0.05, 0.1) is 13.2 Å². The van der Waals surface area contributed by atoms with E-state index in [0.717, 1.165) is 17.7 Å². The van der Waals surface area contributed by atoms with Gasteiger partial charge in [-0.05, 0) is 41.2 Å². The van der Waals surface area contributed by atoms with Gasteiger partial charge in [-0.2, -0.15) is 0 Å². The van der Waals surface area contributed by atoms with Crippen molar-refractivity contribution in [2.75, 3.05) is 7.11 Å². The Kier molecular flexibility index (Phi) is 9.34. The predicted molar refractivity (Wildman–Crippen MR) is 124 cm³/mol. The van der Waals surface area contributed by atoms with Crippen LogP contribution in [0.25, 0.3) is 0 Å². The van der Waals surface area contributed by atoms with Crippen molar-refractivity contribution in [2.24, 2.45) is 5.92 Å². The number of methoxy groups -OCH3 is 1. The van der Waals surface area contributed by atoms with Gasteiger partial charge in [-0.25, -0.2) is 0 Å². The quantitative estimate of drug-likeness (QED) is 0.583. The standard InChI is InChI=1S/C24H31N3O3.ClH/c1-4-16(2)22(24(29)26-14-17-9-11-20(30-3)12-10-17)27-23(28)21-13-18-7-5-6-8-19(18)15-25-21;/h5-12,16,21-22,25H,4,13-15H2,1-3H3,(H,26,29)(H,27,28);1H. The molecule has 0 radical (unpaired) electrons. The maximum Gasteiger partial charge on any atom is 0.243 e. The third-order valence-corrected chi connectivity index (χ3v) is 5.82. The van der Waals surface area contributed by atoms with Crippen LogP contribution in [0.5, 0.6) is 5.75 Å². The number of hydrogen-bond donors (Lipinski definition) is 3. The van der Waals surface area contributed by atoms with E-state index < -0.39 is 6.04 Å². The normalized spacial score (nSPS) is 16.8. The number of rotatable bonds is 8. The topological polar surface area (TPSA) is 79.5 Å². The van der Waals surface area contributed by atoms with Gasteiger partial charge in [-0.1, -0.05) is 56.7 Å². The van der Waals surface area contributed by atoms with E-state index in [9.17, 15) is 9.59 Å². The van der Waals surface area contributed by atoms with E-state index in [1.807, 2.05) is 50.2 Å². The van der Waals surface area contributed by atoms with Crippen LogP contribution in [-0.2, 0) is 29.1 Å². The molecule has 1 aliphatic rings. The first-order valence-electron chi connectivity index (χ1n) is 10.5. The summed E-state index contributed by atoms with van der Waals surface area (Å²) in [6, 6.07) is 14.8. The lowest BCUT2D eigenvalue weighted by atomic mass is 9.94. The Balaban J connectivity index is 0.00000341. The molecule has 1 heterocycles. The first-order chi connectivity index (χ1) is 14.5. The fraction of sp³-hybridized carbons (Fsp3) is 0.417. The molecule has 2 aromatic carbocycles. The van der Waals surface area contributed by atoms with Crippen molar-refractivity contribution in [3.05, 3.63) is 65.2 Å². The highest BCUT2D eigenvalue weighted by atomic mass is 35.5. The Morgan fingerprint density at radius 1 is 1.13 bits per heavy atom. The largest absolute Gasteiger partial charge is 0.497 e. The van der Waals surface area contributed by atoms with Gasteiger partial charge in [0.25, 0.3) is 0 Å². The molecule has 31 heavy (non-hydrogen) atoms. The van der Waals surface area contributed by atoms with Gasteiger partial charge in [0, 0.05) is 13.1 Å². The number of fused-ring (bicyclic) bond motifs is 1. The second-order valence-corrected chi connectivity index (χ2v) is 7.84. The van der Waals surface area contributed by atoms with Crippen LogP contribution in [0.2, 0.25) is 0 Å². The summed E-state index contributed by atoms with van der Waals surface area (Å²) in [5.41, 5.74) is 3.38. The molecule has 0 fully saturated rings. The van der Waals surface area contributed by atoms with Crippen molar-refractivity contribution in [3.8, 4) is 5.75 Å². The number of benzene rings is 2. The molecule has 0 spiro atoms. The summed E-state index contributed by atoms with van der Waals surface area (Å²) < 4.78 is 5.16. The van der Waals surface area contributed by atoms with Gasteiger partial charge in [0.1, 0.15) is 11.8 Å². The first-order valence-corrected chi connectivity index (χ1v) is 10.5. The van der Waals surface area contributed by atoms with Crippen molar-refractivity contribution in [3.63, 3.8) is 0 Å². The van der Waals surface area contributed by atoms with Crippen LogP contribution in [-0.4, -0.2) is 31.0 Å². The monoisotopic (exact) mass is 445 g/mol. The summed E-state index contributed by atoms with van der Waals surface area (Å²) in [4.78, 5) is 25.8. The van der Waals surface area contributed by atoms with Crippen LogP contribution in [0.15, 0.2) is 48.5 Å². The average molecular weight is 446 g/mol. The number of nitrogens with one attached hydrogen (secondary N) is 3. The number of amides is 2. The lowest BCUT2D eigenvalue weighted by molar-refractivity contribution is -0.131. The molecule has 0 saturated heterocycles. The second kappa shape index (κ2) is 11.7. The zero-order valence-electron chi connectivity index (χ0n) is 18.3. The van der Waals surface area contributed by atoms with Gasteiger partial charge in [-0.15, -0.1) is 12.4 Å². The highest BCUT2D eigenvalue weighted by Gasteiger charge is 2.30. The van der Waals surface area contributed by atoms with E-state index in [1.54, 1.807) is 7.11 Å². The molecule has 3 rings (SSSR count). The Hall–Kier alpha value is -2.57. The smallest absolute Gasteiger partial charge is 0.243 e. The maximum absolute atomic E-state index is 12.9. The number of hydrogen-bond acceptors (Lipinski definition) is 4. The zero-order chi connectivity index (χ0) is 21.5. The number of carbonyl (C=O) groups excluding carboxylic acids is 2. The molecule has 0 aliphatic carbocycles. The van der Waals surface area contributed by atoms with E-state index in [-0.39, 0.29) is 36.2 Å². The minimum atomic E-state index is -0.570. The average Bonchev–Trinajstić information content (AvgIpc) is 2.80. The lowest BCUT2D eigenvalue weighted by Crippen LogP contribution is -2.56. The van der Waals surface area contributed by atoms with Gasteiger partial charge < -0.3 is 20.7 Å². The lowest BCUT2D eigenvalue weighted by Gasteiger charge is -2.29. The molecule has 168 valence electrons. The van der Waals surface area contributed by atoms with Crippen molar-refractivity contribution in [1.82, 2.24) is 16.0 Å². The van der Waals surface area contributed by atoms with Gasteiger partial charge >= 0.3 is 0 Å². The molecule has 3 atom stereocenters. The molecule has 0 saturated carbocycles. The van der Waals surface area contributed by atoms with E-state index in [2.05, 4.69) is 28.1 Å². The van der Waals surface area contributed by atoms with Crippen LogP contribution in [0, 0.1) is 5.92 Å². The molecule has 1 aliphatic heterocycles. The van der Waals surface area contributed by atoms with E-state index in [0.29, 0.717) is 19.5 Å².